The molecule has 0 aliphatic rings. The number of rotatable bonds is 5. The number of nitrogens with one attached hydrogen (secondary N) is 3. The van der Waals surface area contributed by atoms with Crippen molar-refractivity contribution in [2.75, 3.05) is 21.7 Å². The van der Waals surface area contributed by atoms with E-state index in [0.29, 0.717) is 23.0 Å². The highest BCUT2D eigenvalue weighted by atomic mass is 16.1. The number of hydrogen-bond acceptors (Lipinski definition) is 7. The van der Waals surface area contributed by atoms with E-state index in [-0.39, 0.29) is 5.91 Å². The molecule has 0 aliphatic heterocycles. The van der Waals surface area contributed by atoms with Crippen LogP contribution in [0.1, 0.15) is 12.6 Å². The first-order valence-electron chi connectivity index (χ1n) is 9.38. The topological polar surface area (TPSA) is 118 Å². The number of aromatic nitrogens is 3. The van der Waals surface area contributed by atoms with Gasteiger partial charge >= 0.3 is 0 Å². The van der Waals surface area contributed by atoms with E-state index in [0.717, 1.165) is 28.0 Å². The van der Waals surface area contributed by atoms with Crippen LogP contribution in [0.3, 0.4) is 0 Å². The molecule has 0 bridgehead atoms. The summed E-state index contributed by atoms with van der Waals surface area (Å²) in [6, 6.07) is 17.1. The lowest BCUT2D eigenvalue weighted by Crippen LogP contribution is -2.06. The van der Waals surface area contributed by atoms with E-state index in [1.807, 2.05) is 49.4 Å². The van der Waals surface area contributed by atoms with E-state index in [9.17, 15) is 4.79 Å². The zero-order chi connectivity index (χ0) is 21.1. The number of carbonyl (C=O) groups excluding carboxylic acids is 1. The molecule has 150 valence electrons. The summed E-state index contributed by atoms with van der Waals surface area (Å²) in [5, 5.41) is 10.2. The first-order chi connectivity index (χ1) is 14.5. The van der Waals surface area contributed by atoms with Crippen LogP contribution in [0, 0.1) is 6.92 Å². The molecule has 5 N–H and O–H groups in total. The van der Waals surface area contributed by atoms with Gasteiger partial charge in [0.25, 0.3) is 0 Å². The molecule has 2 heterocycles. The van der Waals surface area contributed by atoms with Gasteiger partial charge in [-0.25, -0.2) is 9.97 Å². The van der Waals surface area contributed by atoms with Gasteiger partial charge in [0.15, 0.2) is 11.6 Å². The Morgan fingerprint density at radius 2 is 1.60 bits per heavy atom. The van der Waals surface area contributed by atoms with Crippen molar-refractivity contribution in [1.82, 2.24) is 15.0 Å². The van der Waals surface area contributed by atoms with Crippen molar-refractivity contribution in [3.8, 4) is 0 Å². The largest absolute Gasteiger partial charge is 0.393 e. The van der Waals surface area contributed by atoms with Crippen LogP contribution in [-0.4, -0.2) is 20.9 Å². The van der Waals surface area contributed by atoms with Gasteiger partial charge in [0.05, 0.1) is 5.52 Å². The van der Waals surface area contributed by atoms with Gasteiger partial charge in [-0.05, 0) is 55.5 Å². The van der Waals surface area contributed by atoms with Crippen molar-refractivity contribution in [2.45, 2.75) is 13.8 Å². The Labute approximate surface area is 173 Å². The molecule has 2 aromatic heterocycles. The minimum atomic E-state index is -0.120. The number of benzene rings is 2. The molecule has 1 amide bonds. The van der Waals surface area contributed by atoms with E-state index in [1.54, 1.807) is 12.1 Å². The number of fused-ring (bicyclic) bond motifs is 1. The third-order valence-electron chi connectivity index (χ3n) is 4.48. The second-order valence-electron chi connectivity index (χ2n) is 6.82. The minimum Gasteiger partial charge on any atom is -0.393 e. The number of amides is 1. The Bertz CT molecular complexity index is 1220. The molecular formula is C22H21N7O. The Morgan fingerprint density at radius 1 is 0.900 bits per heavy atom. The van der Waals surface area contributed by atoms with E-state index in [1.165, 1.54) is 13.3 Å². The van der Waals surface area contributed by atoms with Crippen LogP contribution in [0.2, 0.25) is 0 Å². The lowest BCUT2D eigenvalue weighted by Gasteiger charge is -2.14. The maximum Gasteiger partial charge on any atom is 0.221 e. The van der Waals surface area contributed by atoms with Crippen molar-refractivity contribution < 1.29 is 4.79 Å². The Morgan fingerprint density at radius 3 is 2.33 bits per heavy atom. The summed E-state index contributed by atoms with van der Waals surface area (Å²) >= 11 is 0. The fraction of sp³-hybridized carbons (Fsp3) is 0.0909. The molecule has 0 fully saturated rings. The molecule has 0 saturated carbocycles. The zero-order valence-corrected chi connectivity index (χ0v) is 16.6. The van der Waals surface area contributed by atoms with Crippen molar-refractivity contribution in [2.24, 2.45) is 0 Å². The molecule has 0 radical (unpaired) electrons. The van der Waals surface area contributed by atoms with E-state index < -0.39 is 0 Å². The molecule has 8 nitrogen and oxygen atoms in total. The summed E-state index contributed by atoms with van der Waals surface area (Å²) in [6.07, 6.45) is 1.44. The molecule has 30 heavy (non-hydrogen) atoms. The van der Waals surface area contributed by atoms with Crippen LogP contribution < -0.4 is 21.7 Å². The number of nitrogens with zero attached hydrogens (tertiary/aromatic N) is 3. The number of nitrogens with two attached hydrogens (primary N) is 1. The number of nitrogen functional groups attached to an aromatic ring is 1. The summed E-state index contributed by atoms with van der Waals surface area (Å²) in [6.45, 7) is 3.43. The van der Waals surface area contributed by atoms with Crippen LogP contribution in [0.15, 0.2) is 60.9 Å². The molecule has 8 heteroatoms. The predicted octanol–water partition coefficient (Wildman–Crippen LogP) is 4.36. The Kier molecular flexibility index (Phi) is 5.13. The molecule has 0 spiro atoms. The van der Waals surface area contributed by atoms with Crippen LogP contribution in [0.25, 0.3) is 10.9 Å². The van der Waals surface area contributed by atoms with Crippen molar-refractivity contribution in [1.29, 1.82) is 0 Å². The molecule has 2 aromatic carbocycles. The number of aryl methyl sites for hydroxylation is 1. The zero-order valence-electron chi connectivity index (χ0n) is 16.6. The van der Waals surface area contributed by atoms with Crippen LogP contribution in [0.5, 0.6) is 0 Å². The van der Waals surface area contributed by atoms with Gasteiger partial charge in [-0.1, -0.05) is 6.07 Å². The van der Waals surface area contributed by atoms with Crippen molar-refractivity contribution in [3.63, 3.8) is 0 Å². The second-order valence-corrected chi connectivity index (χ2v) is 6.82. The quantitative estimate of drug-likeness (QED) is 0.394. The van der Waals surface area contributed by atoms with Crippen LogP contribution in [-0.2, 0) is 4.79 Å². The van der Waals surface area contributed by atoms with E-state index in [2.05, 4.69) is 30.9 Å². The Hall–Kier alpha value is -4.20. The number of anilines is 6. The molecule has 0 aliphatic carbocycles. The highest BCUT2D eigenvalue weighted by Gasteiger charge is 2.11. The van der Waals surface area contributed by atoms with Crippen molar-refractivity contribution in [3.05, 3.63) is 66.6 Å². The third kappa shape index (κ3) is 4.12. The SMILES string of the molecule is CC(=O)Nc1ccc(Nc2ncnc(Nc3cccc4nc(C)ccc34)c2N)cc1. The highest BCUT2D eigenvalue weighted by molar-refractivity contribution is 5.94. The average Bonchev–Trinajstić information content (AvgIpc) is 2.72. The number of hydrogen-bond donors (Lipinski definition) is 4. The van der Waals surface area contributed by atoms with Gasteiger partial charge in [0.1, 0.15) is 12.0 Å². The number of carbonyl (C=O) groups is 1. The maximum absolute atomic E-state index is 11.1. The molecular weight excluding hydrogens is 378 g/mol. The molecule has 0 atom stereocenters. The molecule has 0 saturated heterocycles. The molecule has 4 rings (SSSR count). The van der Waals surface area contributed by atoms with Gasteiger partial charge in [-0.2, -0.15) is 0 Å². The predicted molar refractivity (Wildman–Crippen MR) is 120 cm³/mol. The average molecular weight is 399 g/mol. The van der Waals surface area contributed by atoms with Gasteiger partial charge in [-0.3, -0.25) is 9.78 Å². The van der Waals surface area contributed by atoms with Gasteiger partial charge in [-0.15, -0.1) is 0 Å². The van der Waals surface area contributed by atoms with E-state index in [4.69, 9.17) is 5.73 Å². The first-order valence-corrected chi connectivity index (χ1v) is 9.38. The minimum absolute atomic E-state index is 0.120. The first kappa shape index (κ1) is 19.1. The van der Waals surface area contributed by atoms with Gasteiger partial charge in [0, 0.05) is 35.1 Å². The lowest BCUT2D eigenvalue weighted by molar-refractivity contribution is -0.114. The summed E-state index contributed by atoms with van der Waals surface area (Å²) in [7, 11) is 0. The van der Waals surface area contributed by atoms with E-state index >= 15 is 0 Å². The van der Waals surface area contributed by atoms with Crippen LogP contribution in [0.4, 0.5) is 34.4 Å². The maximum atomic E-state index is 11.1. The van der Waals surface area contributed by atoms with Crippen molar-refractivity contribution >= 4 is 51.2 Å². The van der Waals surface area contributed by atoms with Gasteiger partial charge in [0.2, 0.25) is 5.91 Å². The molecule has 4 aromatic rings. The van der Waals surface area contributed by atoms with Gasteiger partial charge < -0.3 is 21.7 Å². The molecule has 0 unspecified atom stereocenters. The summed E-state index contributed by atoms with van der Waals surface area (Å²) < 4.78 is 0. The smallest absolute Gasteiger partial charge is 0.221 e. The number of pyridine rings is 1. The second kappa shape index (κ2) is 8.04. The summed E-state index contributed by atoms with van der Waals surface area (Å²) in [5.74, 6) is 0.856. The Balaban J connectivity index is 1.59. The van der Waals surface area contributed by atoms with Crippen LogP contribution >= 0.6 is 0 Å². The highest BCUT2D eigenvalue weighted by Crippen LogP contribution is 2.31. The normalized spacial score (nSPS) is 10.6. The fourth-order valence-corrected chi connectivity index (χ4v) is 3.07. The fourth-order valence-electron chi connectivity index (χ4n) is 3.07. The standard InChI is InChI=1S/C22H21N7O/c1-13-6-11-17-18(26-13)4-3-5-19(17)29-22-20(23)21(24-12-25-22)28-16-9-7-15(8-10-16)27-14(2)30/h3-12H,23H2,1-2H3,(H,27,30)(H2,24,25,28,29). The third-order valence-corrected chi connectivity index (χ3v) is 4.48. The summed E-state index contributed by atoms with van der Waals surface area (Å²) in [4.78, 5) is 24.2. The monoisotopic (exact) mass is 399 g/mol. The lowest BCUT2D eigenvalue weighted by atomic mass is 10.1. The summed E-state index contributed by atoms with van der Waals surface area (Å²) in [5.41, 5.74) is 10.9.